The Kier molecular flexibility index (Phi) is 12.4. The number of carbonyl (C=O) groups excluding carboxylic acids is 1. The predicted octanol–water partition coefficient (Wildman–Crippen LogP) is 4.10. The van der Waals surface area contributed by atoms with Crippen molar-refractivity contribution in [2.45, 2.75) is 103 Å². The second-order valence-electron chi connectivity index (χ2n) is 12.2. The second kappa shape index (κ2) is 15.2. The Morgan fingerprint density at radius 3 is 2.46 bits per heavy atom. The molecule has 2 bridgehead atoms. The van der Waals surface area contributed by atoms with Crippen LogP contribution in [0.15, 0.2) is 18.2 Å². The van der Waals surface area contributed by atoms with Gasteiger partial charge in [0.05, 0.1) is 38.1 Å². The lowest BCUT2D eigenvalue weighted by molar-refractivity contribution is -0.128. The molecule has 0 spiro atoms. The maximum atomic E-state index is 13.2. The zero-order valence-electron chi connectivity index (χ0n) is 24.9. The zero-order chi connectivity index (χ0) is 28.5. The van der Waals surface area contributed by atoms with E-state index in [9.17, 15) is 9.90 Å². The Hall–Kier alpha value is -1.87. The summed E-state index contributed by atoms with van der Waals surface area (Å²) >= 11 is 0. The van der Waals surface area contributed by atoms with E-state index < -0.39 is 12.1 Å². The van der Waals surface area contributed by atoms with E-state index in [4.69, 9.17) is 24.7 Å². The van der Waals surface area contributed by atoms with Crippen molar-refractivity contribution in [3.63, 3.8) is 0 Å². The molecule has 2 heterocycles. The van der Waals surface area contributed by atoms with Gasteiger partial charge in [-0.25, -0.2) is 0 Å². The lowest BCUT2D eigenvalue weighted by atomic mass is 9.80. The van der Waals surface area contributed by atoms with E-state index in [2.05, 4.69) is 25.2 Å². The van der Waals surface area contributed by atoms with Gasteiger partial charge in [0.15, 0.2) is 11.5 Å². The van der Waals surface area contributed by atoms with E-state index in [1.807, 2.05) is 26.0 Å². The number of carbonyl (C=O) groups is 1. The molecule has 0 radical (unpaired) electrons. The molecule has 2 aliphatic heterocycles. The number of aliphatic hydroxyl groups excluding tert-OH is 1. The van der Waals surface area contributed by atoms with Gasteiger partial charge >= 0.3 is 0 Å². The molecular weight excluding hydrogens is 496 g/mol. The molecule has 2 saturated heterocycles. The Bertz CT molecular complexity index is 894. The van der Waals surface area contributed by atoms with Gasteiger partial charge < -0.3 is 35.1 Å². The average molecular weight is 549 g/mol. The topological polar surface area (TPSA) is 112 Å². The fourth-order valence-electron chi connectivity index (χ4n) is 5.94. The summed E-state index contributed by atoms with van der Waals surface area (Å²) in [7, 11) is 3.33. The first kappa shape index (κ1) is 31.7. The second-order valence-corrected chi connectivity index (χ2v) is 12.2. The minimum absolute atomic E-state index is 0.00840. The molecule has 1 aromatic carbocycles. The molecule has 8 heteroatoms. The number of methoxy groups -OCH3 is 2. The molecular formula is C31H52N2O6. The third-order valence-corrected chi connectivity index (χ3v) is 8.56. The number of aliphatic hydroxyl groups is 1. The summed E-state index contributed by atoms with van der Waals surface area (Å²) in [5.74, 6) is 1.90. The third-order valence-electron chi connectivity index (χ3n) is 8.56. The molecule has 2 fully saturated rings. The number of benzene rings is 1. The molecule has 222 valence electrons. The molecule has 7 atom stereocenters. The van der Waals surface area contributed by atoms with Gasteiger partial charge in [0.25, 0.3) is 0 Å². The number of fused-ring (bicyclic) bond motifs is 2. The smallest absolute Gasteiger partial charge is 0.223 e. The summed E-state index contributed by atoms with van der Waals surface area (Å²) in [5.41, 5.74) is 7.73. The van der Waals surface area contributed by atoms with Gasteiger partial charge in [-0.2, -0.15) is 0 Å². The van der Waals surface area contributed by atoms with Crippen LogP contribution in [-0.4, -0.2) is 68.8 Å². The molecule has 8 nitrogen and oxygen atoms in total. The Morgan fingerprint density at radius 2 is 1.87 bits per heavy atom. The number of ether oxygens (including phenoxy) is 4. The van der Waals surface area contributed by atoms with Gasteiger partial charge in [-0.1, -0.05) is 33.8 Å². The molecule has 0 aliphatic carbocycles. The normalized spacial score (nSPS) is 23.6. The summed E-state index contributed by atoms with van der Waals surface area (Å²) in [6.07, 6.45) is 5.32. The van der Waals surface area contributed by atoms with E-state index in [-0.39, 0.29) is 41.9 Å². The molecule has 4 N–H and O–H groups in total. The van der Waals surface area contributed by atoms with Crippen LogP contribution in [0.3, 0.4) is 0 Å². The summed E-state index contributed by atoms with van der Waals surface area (Å²) in [6, 6.07) is 5.73. The quantitative estimate of drug-likeness (QED) is 0.251. The number of nitrogens with two attached hydrogens (primary N) is 1. The van der Waals surface area contributed by atoms with Crippen LogP contribution in [-0.2, 0) is 20.7 Å². The number of amides is 1. The summed E-state index contributed by atoms with van der Waals surface area (Å²) in [6.45, 7) is 9.66. The van der Waals surface area contributed by atoms with E-state index in [0.29, 0.717) is 37.7 Å². The number of nitrogens with one attached hydrogen (secondary N) is 1. The highest BCUT2D eigenvalue weighted by atomic mass is 16.5. The van der Waals surface area contributed by atoms with Crippen LogP contribution in [0.5, 0.6) is 11.5 Å². The van der Waals surface area contributed by atoms with E-state index in [1.165, 1.54) is 0 Å². The maximum Gasteiger partial charge on any atom is 0.223 e. The fraction of sp³-hybridized carbons (Fsp3) is 0.774. The van der Waals surface area contributed by atoms with Crippen LogP contribution in [0, 0.1) is 23.7 Å². The van der Waals surface area contributed by atoms with Gasteiger partial charge in [-0.05, 0) is 74.0 Å². The van der Waals surface area contributed by atoms with Crippen LogP contribution in [0.2, 0.25) is 0 Å². The van der Waals surface area contributed by atoms with Gasteiger partial charge in [-0.3, -0.25) is 4.79 Å². The van der Waals surface area contributed by atoms with Gasteiger partial charge in [0.2, 0.25) is 5.91 Å². The molecule has 0 aromatic heterocycles. The van der Waals surface area contributed by atoms with Crippen molar-refractivity contribution in [3.8, 4) is 11.5 Å². The lowest BCUT2D eigenvalue weighted by Gasteiger charge is -2.31. The van der Waals surface area contributed by atoms with E-state index in [0.717, 1.165) is 43.4 Å². The molecule has 4 unspecified atom stereocenters. The van der Waals surface area contributed by atoms with Crippen LogP contribution < -0.4 is 20.5 Å². The van der Waals surface area contributed by atoms with Crippen molar-refractivity contribution in [2.24, 2.45) is 29.4 Å². The maximum absolute atomic E-state index is 13.2. The third kappa shape index (κ3) is 9.07. The van der Waals surface area contributed by atoms with Gasteiger partial charge in [0, 0.05) is 32.1 Å². The van der Waals surface area contributed by atoms with Gasteiger partial charge in [0.1, 0.15) is 0 Å². The van der Waals surface area contributed by atoms with Crippen LogP contribution in [0.1, 0.15) is 71.8 Å². The molecule has 39 heavy (non-hydrogen) atoms. The van der Waals surface area contributed by atoms with Crippen molar-refractivity contribution in [3.05, 3.63) is 23.8 Å². The molecule has 2 aliphatic rings. The standard InChI is InChI=1S/C31H52N2O6/c1-19(2)22(14-21-8-10-29(37-6)30(15-21)38-13-7-12-36-5)16-25(32)27(34)18-24(20(3)4)31(35)33-26-17-23-9-11-28(26)39-23/h8,10,15,19-20,22-28,34H,7,9,11-14,16-18,32H2,1-6H3,(H,33,35)/t22?,23-,24?,25?,26-,27?,28-/m1/s1. The molecule has 3 rings (SSSR count). The number of hydrogen-bond donors (Lipinski definition) is 3. The van der Waals surface area contributed by atoms with E-state index in [1.54, 1.807) is 14.2 Å². The van der Waals surface area contributed by atoms with Crippen LogP contribution in [0.25, 0.3) is 0 Å². The van der Waals surface area contributed by atoms with Crippen molar-refractivity contribution >= 4 is 5.91 Å². The minimum atomic E-state index is -0.753. The highest BCUT2D eigenvalue weighted by Crippen LogP contribution is 2.35. The van der Waals surface area contributed by atoms with Gasteiger partial charge in [-0.15, -0.1) is 0 Å². The first-order valence-electron chi connectivity index (χ1n) is 14.8. The zero-order valence-corrected chi connectivity index (χ0v) is 24.9. The molecule has 0 saturated carbocycles. The lowest BCUT2D eigenvalue weighted by Crippen LogP contribution is -2.47. The first-order valence-corrected chi connectivity index (χ1v) is 14.8. The van der Waals surface area contributed by atoms with Crippen molar-refractivity contribution in [1.82, 2.24) is 5.32 Å². The van der Waals surface area contributed by atoms with Crippen LogP contribution in [0.4, 0.5) is 0 Å². The Labute approximate surface area is 235 Å². The summed E-state index contributed by atoms with van der Waals surface area (Å²) in [4.78, 5) is 13.2. The number of rotatable bonds is 17. The highest BCUT2D eigenvalue weighted by molar-refractivity contribution is 5.79. The predicted molar refractivity (Wildman–Crippen MR) is 153 cm³/mol. The Morgan fingerprint density at radius 1 is 1.10 bits per heavy atom. The number of hydrogen-bond acceptors (Lipinski definition) is 7. The monoisotopic (exact) mass is 548 g/mol. The van der Waals surface area contributed by atoms with Crippen molar-refractivity contribution < 1.29 is 28.8 Å². The Balaban J connectivity index is 1.58. The largest absolute Gasteiger partial charge is 0.493 e. The minimum Gasteiger partial charge on any atom is -0.493 e. The molecule has 1 aromatic rings. The first-order chi connectivity index (χ1) is 18.6. The summed E-state index contributed by atoms with van der Waals surface area (Å²) < 4.78 is 22.5. The average Bonchev–Trinajstić information content (AvgIpc) is 3.52. The highest BCUT2D eigenvalue weighted by Gasteiger charge is 2.42. The van der Waals surface area contributed by atoms with Crippen molar-refractivity contribution in [1.29, 1.82) is 0 Å². The van der Waals surface area contributed by atoms with Crippen molar-refractivity contribution in [2.75, 3.05) is 27.4 Å². The SMILES string of the molecule is COCCCOc1cc(CC(CC(N)C(O)CC(C(=O)N[C@@H]2C[C@H]3CC[C@H]2O3)C(C)C)C(C)C)ccc1OC. The fourth-order valence-corrected chi connectivity index (χ4v) is 5.94. The van der Waals surface area contributed by atoms with E-state index >= 15 is 0 Å². The summed E-state index contributed by atoms with van der Waals surface area (Å²) in [5, 5.41) is 14.3. The molecule has 1 amide bonds. The van der Waals surface area contributed by atoms with Crippen LogP contribution >= 0.6 is 0 Å².